The van der Waals surface area contributed by atoms with Crippen LogP contribution in [0.2, 0.25) is 0 Å². The highest BCUT2D eigenvalue weighted by atomic mass is 15.1. The predicted octanol–water partition coefficient (Wildman–Crippen LogP) is 2.84. The van der Waals surface area contributed by atoms with Crippen molar-refractivity contribution in [1.29, 1.82) is 0 Å². The Balaban J connectivity index is 2.05. The van der Waals surface area contributed by atoms with E-state index < -0.39 is 0 Å². The van der Waals surface area contributed by atoms with Gasteiger partial charge in [-0.3, -0.25) is 4.98 Å². The van der Waals surface area contributed by atoms with Crippen molar-refractivity contribution in [3.05, 3.63) is 36.4 Å². The number of nitrogens with zero attached hydrogens (tertiary/aromatic N) is 3. The van der Waals surface area contributed by atoms with Crippen molar-refractivity contribution in [2.45, 2.75) is 32.2 Å². The summed E-state index contributed by atoms with van der Waals surface area (Å²) < 4.78 is 2.28. The van der Waals surface area contributed by atoms with Gasteiger partial charge in [-0.05, 0) is 25.0 Å². The Kier molecular flexibility index (Phi) is 2.24. The van der Waals surface area contributed by atoms with Crippen LogP contribution in [-0.4, -0.2) is 14.5 Å². The predicted molar refractivity (Wildman–Crippen MR) is 63.1 cm³/mol. The van der Waals surface area contributed by atoms with Gasteiger partial charge in [0, 0.05) is 24.9 Å². The number of pyridine rings is 1. The maximum atomic E-state index is 4.70. The van der Waals surface area contributed by atoms with Crippen molar-refractivity contribution in [2.75, 3.05) is 0 Å². The average Bonchev–Trinajstić information content (AvgIpc) is 2.76. The number of aryl methyl sites for hydroxylation is 1. The summed E-state index contributed by atoms with van der Waals surface area (Å²) in [5.41, 5.74) is 1.97. The summed E-state index contributed by atoms with van der Waals surface area (Å²) in [6, 6.07) is 5.95. The first-order chi connectivity index (χ1) is 7.84. The molecule has 1 aliphatic heterocycles. The highest BCUT2D eigenvalue weighted by Gasteiger charge is 2.19. The smallest absolute Gasteiger partial charge is 0.112 e. The lowest BCUT2D eigenvalue weighted by Crippen LogP contribution is -2.12. The van der Waals surface area contributed by atoms with Crippen molar-refractivity contribution < 1.29 is 0 Å². The highest BCUT2D eigenvalue weighted by Crippen LogP contribution is 2.28. The van der Waals surface area contributed by atoms with Gasteiger partial charge in [-0.2, -0.15) is 0 Å². The van der Waals surface area contributed by atoms with Crippen molar-refractivity contribution >= 4 is 0 Å². The van der Waals surface area contributed by atoms with E-state index in [0.717, 1.165) is 17.9 Å². The molecule has 1 aliphatic rings. The molecule has 0 aromatic carbocycles. The molecule has 0 unspecified atom stereocenters. The van der Waals surface area contributed by atoms with Crippen LogP contribution >= 0.6 is 0 Å². The molecule has 0 N–H and O–H groups in total. The van der Waals surface area contributed by atoms with Crippen molar-refractivity contribution in [3.8, 4) is 11.4 Å². The van der Waals surface area contributed by atoms with Gasteiger partial charge in [0.1, 0.15) is 11.5 Å². The molecule has 0 aliphatic carbocycles. The van der Waals surface area contributed by atoms with E-state index in [2.05, 4.69) is 22.7 Å². The molecule has 0 amide bonds. The van der Waals surface area contributed by atoms with Gasteiger partial charge in [0.05, 0.1) is 5.69 Å². The molecular formula is C13H15N3. The minimum Gasteiger partial charge on any atom is -0.334 e. The first-order valence-corrected chi connectivity index (χ1v) is 5.83. The summed E-state index contributed by atoms with van der Waals surface area (Å²) in [6.07, 6.45) is 6.45. The van der Waals surface area contributed by atoms with Crippen LogP contribution in [0.5, 0.6) is 0 Å². The largest absolute Gasteiger partial charge is 0.334 e. The normalized spacial score (nSPS) is 19.4. The SMILES string of the molecule is C[C@H]1CCCn2cc(-c3ccccn3)nc21. The molecule has 3 rings (SSSR count). The van der Waals surface area contributed by atoms with Crippen LogP contribution in [-0.2, 0) is 6.54 Å². The minimum absolute atomic E-state index is 0.575. The summed E-state index contributed by atoms with van der Waals surface area (Å²) in [5.74, 6) is 1.79. The average molecular weight is 213 g/mol. The summed E-state index contributed by atoms with van der Waals surface area (Å²) >= 11 is 0. The maximum Gasteiger partial charge on any atom is 0.112 e. The first-order valence-electron chi connectivity index (χ1n) is 5.83. The number of aromatic nitrogens is 3. The van der Waals surface area contributed by atoms with Gasteiger partial charge in [0.2, 0.25) is 0 Å². The number of hydrogen-bond donors (Lipinski definition) is 0. The molecule has 1 atom stereocenters. The maximum absolute atomic E-state index is 4.70. The Morgan fingerprint density at radius 3 is 3.00 bits per heavy atom. The van der Waals surface area contributed by atoms with Crippen molar-refractivity contribution in [2.24, 2.45) is 0 Å². The van der Waals surface area contributed by atoms with Gasteiger partial charge >= 0.3 is 0 Å². The lowest BCUT2D eigenvalue weighted by molar-refractivity contribution is 0.463. The van der Waals surface area contributed by atoms with E-state index in [4.69, 9.17) is 4.98 Å². The van der Waals surface area contributed by atoms with E-state index in [-0.39, 0.29) is 0 Å². The number of fused-ring (bicyclic) bond motifs is 1. The molecule has 2 aromatic heterocycles. The fourth-order valence-electron chi connectivity index (χ4n) is 2.34. The fraction of sp³-hybridized carbons (Fsp3) is 0.385. The summed E-state index contributed by atoms with van der Waals surface area (Å²) in [5, 5.41) is 0. The topological polar surface area (TPSA) is 30.7 Å². The van der Waals surface area contributed by atoms with Crippen molar-refractivity contribution in [3.63, 3.8) is 0 Å². The number of rotatable bonds is 1. The number of hydrogen-bond acceptors (Lipinski definition) is 2. The molecule has 3 heteroatoms. The van der Waals surface area contributed by atoms with E-state index in [0.29, 0.717) is 5.92 Å². The molecule has 3 nitrogen and oxygen atoms in total. The zero-order valence-corrected chi connectivity index (χ0v) is 9.43. The second kappa shape index (κ2) is 3.74. The molecule has 16 heavy (non-hydrogen) atoms. The van der Waals surface area contributed by atoms with E-state index in [9.17, 15) is 0 Å². The zero-order valence-electron chi connectivity index (χ0n) is 9.43. The summed E-state index contributed by atoms with van der Waals surface area (Å²) in [4.78, 5) is 9.04. The van der Waals surface area contributed by atoms with Crippen LogP contribution in [0.25, 0.3) is 11.4 Å². The fourth-order valence-corrected chi connectivity index (χ4v) is 2.34. The van der Waals surface area contributed by atoms with E-state index in [1.54, 1.807) is 0 Å². The molecule has 0 fully saturated rings. The Hall–Kier alpha value is -1.64. The highest BCUT2D eigenvalue weighted by molar-refractivity contribution is 5.53. The van der Waals surface area contributed by atoms with Crippen LogP contribution in [0.3, 0.4) is 0 Å². The van der Waals surface area contributed by atoms with Crippen LogP contribution in [0.1, 0.15) is 31.5 Å². The van der Waals surface area contributed by atoms with Gasteiger partial charge in [-0.25, -0.2) is 4.98 Å². The molecular weight excluding hydrogens is 198 g/mol. The molecule has 0 saturated carbocycles. The van der Waals surface area contributed by atoms with Gasteiger partial charge < -0.3 is 4.57 Å². The van der Waals surface area contributed by atoms with Crippen LogP contribution in [0, 0.1) is 0 Å². The third kappa shape index (κ3) is 1.52. The second-order valence-corrected chi connectivity index (χ2v) is 4.44. The molecule has 3 heterocycles. The van der Waals surface area contributed by atoms with Gasteiger partial charge in [-0.1, -0.05) is 13.0 Å². The van der Waals surface area contributed by atoms with Crippen LogP contribution in [0.4, 0.5) is 0 Å². The molecule has 0 saturated heterocycles. The van der Waals surface area contributed by atoms with Crippen LogP contribution in [0.15, 0.2) is 30.6 Å². The molecule has 0 bridgehead atoms. The van der Waals surface area contributed by atoms with E-state index in [1.807, 2.05) is 24.4 Å². The Bertz CT molecular complexity index is 487. The quantitative estimate of drug-likeness (QED) is 0.729. The Labute approximate surface area is 95.2 Å². The lowest BCUT2D eigenvalue weighted by atomic mass is 10.0. The summed E-state index contributed by atoms with van der Waals surface area (Å²) in [6.45, 7) is 3.35. The molecule has 0 spiro atoms. The van der Waals surface area contributed by atoms with Crippen molar-refractivity contribution in [1.82, 2.24) is 14.5 Å². The molecule has 0 radical (unpaired) electrons. The number of imidazole rings is 1. The van der Waals surface area contributed by atoms with Crippen LogP contribution < -0.4 is 0 Å². The zero-order chi connectivity index (χ0) is 11.0. The van der Waals surface area contributed by atoms with Gasteiger partial charge in [-0.15, -0.1) is 0 Å². The lowest BCUT2D eigenvalue weighted by Gasteiger charge is -2.19. The second-order valence-electron chi connectivity index (χ2n) is 4.44. The molecule has 2 aromatic rings. The third-order valence-corrected chi connectivity index (χ3v) is 3.21. The Morgan fingerprint density at radius 1 is 1.31 bits per heavy atom. The minimum atomic E-state index is 0.575. The monoisotopic (exact) mass is 213 g/mol. The van der Waals surface area contributed by atoms with Gasteiger partial charge in [0.25, 0.3) is 0 Å². The molecule has 82 valence electrons. The first kappa shape index (κ1) is 9.58. The summed E-state index contributed by atoms with van der Waals surface area (Å²) in [7, 11) is 0. The Morgan fingerprint density at radius 2 is 2.25 bits per heavy atom. The van der Waals surface area contributed by atoms with E-state index >= 15 is 0 Å². The van der Waals surface area contributed by atoms with Gasteiger partial charge in [0.15, 0.2) is 0 Å². The third-order valence-electron chi connectivity index (χ3n) is 3.21. The van der Waals surface area contributed by atoms with E-state index in [1.165, 1.54) is 18.7 Å². The standard InChI is InChI=1S/C13H15N3/c1-10-5-4-8-16-9-12(15-13(10)16)11-6-2-3-7-14-11/h2-3,6-7,9-10H,4-5,8H2,1H3/t10-/m0/s1.